The Balaban J connectivity index is 2.08. The highest BCUT2D eigenvalue weighted by Gasteiger charge is 2.20. The Morgan fingerprint density at radius 2 is 2.08 bits per heavy atom. The van der Waals surface area contributed by atoms with Crippen molar-refractivity contribution in [3.8, 4) is 5.75 Å². The van der Waals surface area contributed by atoms with E-state index >= 15 is 0 Å². The Morgan fingerprint density at radius 3 is 2.62 bits per heavy atom. The van der Waals surface area contributed by atoms with Crippen LogP contribution in [0.3, 0.4) is 0 Å². The number of carbonyl (C=O) groups excluding carboxylic acids is 1. The molecule has 0 spiro atoms. The fourth-order valence-corrected chi connectivity index (χ4v) is 3.39. The quantitative estimate of drug-likeness (QED) is 0.789. The van der Waals surface area contributed by atoms with Crippen LogP contribution in [0.15, 0.2) is 35.0 Å². The summed E-state index contributed by atoms with van der Waals surface area (Å²) >= 11 is 1.64. The molecule has 0 unspecified atom stereocenters. The average molecular weight is 350 g/mol. The average Bonchev–Trinajstić information content (AvgIpc) is 3.12. The van der Waals surface area contributed by atoms with Gasteiger partial charge in [-0.15, -0.1) is 0 Å². The summed E-state index contributed by atoms with van der Waals surface area (Å²) in [5.74, 6) is -0.696. The van der Waals surface area contributed by atoms with Crippen LogP contribution in [0.4, 0.5) is 4.39 Å². The lowest BCUT2D eigenvalue weighted by Gasteiger charge is -2.29. The summed E-state index contributed by atoms with van der Waals surface area (Å²) < 4.78 is 18.6. The van der Waals surface area contributed by atoms with Crippen molar-refractivity contribution in [2.45, 2.75) is 19.9 Å². The number of ether oxygens (including phenoxy) is 1. The first-order chi connectivity index (χ1) is 11.6. The second kappa shape index (κ2) is 8.80. The van der Waals surface area contributed by atoms with E-state index in [1.54, 1.807) is 17.4 Å². The molecule has 1 aromatic heterocycles. The first kappa shape index (κ1) is 18.4. The van der Waals surface area contributed by atoms with Crippen LogP contribution in [0.25, 0.3) is 0 Å². The zero-order valence-corrected chi connectivity index (χ0v) is 15.0. The number of nitrogens with zero attached hydrogens (tertiary/aromatic N) is 1. The minimum Gasteiger partial charge on any atom is -0.494 e. The third kappa shape index (κ3) is 4.33. The van der Waals surface area contributed by atoms with Gasteiger partial charge in [0.1, 0.15) is 0 Å². The maximum absolute atomic E-state index is 13.8. The molecule has 0 saturated carbocycles. The molecule has 1 atom stereocenters. The summed E-state index contributed by atoms with van der Waals surface area (Å²) in [7, 11) is 1.40. The molecular weight excluding hydrogens is 327 g/mol. The van der Waals surface area contributed by atoms with Crippen molar-refractivity contribution >= 4 is 17.2 Å². The number of carbonyl (C=O) groups is 1. The van der Waals surface area contributed by atoms with Gasteiger partial charge in [0.05, 0.1) is 13.2 Å². The van der Waals surface area contributed by atoms with Crippen LogP contribution in [-0.2, 0) is 0 Å². The van der Waals surface area contributed by atoms with Crippen molar-refractivity contribution in [1.82, 2.24) is 10.2 Å². The third-order valence-corrected chi connectivity index (χ3v) is 4.75. The van der Waals surface area contributed by atoms with Gasteiger partial charge >= 0.3 is 0 Å². The zero-order valence-electron chi connectivity index (χ0n) is 14.2. The minimum absolute atomic E-state index is 0.110. The number of thiophene rings is 1. The van der Waals surface area contributed by atoms with Gasteiger partial charge in [0.25, 0.3) is 5.91 Å². The molecule has 2 rings (SSSR count). The largest absolute Gasteiger partial charge is 0.494 e. The number of methoxy groups -OCH3 is 1. The maximum Gasteiger partial charge on any atom is 0.251 e. The van der Waals surface area contributed by atoms with E-state index in [-0.39, 0.29) is 23.3 Å². The molecule has 1 N–H and O–H groups in total. The van der Waals surface area contributed by atoms with Gasteiger partial charge in [-0.1, -0.05) is 13.8 Å². The lowest BCUT2D eigenvalue weighted by molar-refractivity contribution is 0.0934. The Morgan fingerprint density at radius 1 is 1.33 bits per heavy atom. The number of hydrogen-bond donors (Lipinski definition) is 1. The van der Waals surface area contributed by atoms with Gasteiger partial charge in [-0.3, -0.25) is 9.69 Å². The molecule has 0 aliphatic heterocycles. The van der Waals surface area contributed by atoms with E-state index in [0.29, 0.717) is 6.54 Å². The molecule has 2 aromatic rings. The molecule has 6 heteroatoms. The molecule has 0 saturated heterocycles. The highest BCUT2D eigenvalue weighted by molar-refractivity contribution is 7.07. The monoisotopic (exact) mass is 350 g/mol. The van der Waals surface area contributed by atoms with Crippen LogP contribution in [0.2, 0.25) is 0 Å². The molecule has 0 bridgehead atoms. The van der Waals surface area contributed by atoms with E-state index < -0.39 is 5.82 Å². The number of nitrogens with one attached hydrogen (secondary N) is 1. The van der Waals surface area contributed by atoms with Gasteiger partial charge in [-0.05, 0) is 53.7 Å². The molecule has 0 radical (unpaired) electrons. The van der Waals surface area contributed by atoms with Crippen molar-refractivity contribution < 1.29 is 13.9 Å². The third-order valence-electron chi connectivity index (χ3n) is 4.05. The summed E-state index contributed by atoms with van der Waals surface area (Å²) in [6.45, 7) is 6.46. The molecule has 24 heavy (non-hydrogen) atoms. The second-order valence-electron chi connectivity index (χ2n) is 5.35. The summed E-state index contributed by atoms with van der Waals surface area (Å²) in [5, 5.41) is 7.05. The van der Waals surface area contributed by atoms with Crippen molar-refractivity contribution in [3.63, 3.8) is 0 Å². The zero-order chi connectivity index (χ0) is 17.5. The summed E-state index contributed by atoms with van der Waals surface area (Å²) in [6, 6.07) is 6.41. The summed E-state index contributed by atoms with van der Waals surface area (Å²) in [6.07, 6.45) is 0. The molecule has 0 fully saturated rings. The van der Waals surface area contributed by atoms with Gasteiger partial charge in [0.15, 0.2) is 11.6 Å². The molecule has 0 aliphatic carbocycles. The highest BCUT2D eigenvalue weighted by atomic mass is 32.1. The number of halogens is 1. The lowest BCUT2D eigenvalue weighted by atomic mass is 10.1. The SMILES string of the molecule is CCN(CC)[C@@H](CNC(=O)c1ccc(OC)c(F)c1)c1ccsc1. The predicted octanol–water partition coefficient (Wildman–Crippen LogP) is 3.71. The van der Waals surface area contributed by atoms with Crippen LogP contribution < -0.4 is 10.1 Å². The van der Waals surface area contributed by atoms with Crippen LogP contribution in [0.1, 0.15) is 35.8 Å². The summed E-state index contributed by atoms with van der Waals surface area (Å²) in [4.78, 5) is 14.6. The van der Waals surface area contributed by atoms with Gasteiger partial charge in [-0.25, -0.2) is 4.39 Å². The smallest absolute Gasteiger partial charge is 0.251 e. The Bertz CT molecular complexity index is 657. The van der Waals surface area contributed by atoms with Crippen LogP contribution in [-0.4, -0.2) is 37.6 Å². The number of hydrogen-bond acceptors (Lipinski definition) is 4. The Hall–Kier alpha value is -1.92. The normalized spacial score (nSPS) is 12.2. The number of benzene rings is 1. The molecule has 1 amide bonds. The van der Waals surface area contributed by atoms with Crippen molar-refractivity contribution in [3.05, 3.63) is 52.0 Å². The molecule has 4 nitrogen and oxygen atoms in total. The standard InChI is InChI=1S/C18H23FN2O2S/c1-4-21(5-2)16(14-8-9-24-12-14)11-20-18(22)13-6-7-17(23-3)15(19)10-13/h6-10,12,16H,4-5,11H2,1-3H3,(H,20,22)/t16-/m0/s1. The summed E-state index contributed by atoms with van der Waals surface area (Å²) in [5.41, 5.74) is 1.47. The number of likely N-dealkylation sites (N-methyl/N-ethyl adjacent to an activating group) is 1. The van der Waals surface area contributed by atoms with E-state index in [4.69, 9.17) is 4.74 Å². The molecule has 130 valence electrons. The Labute approximate surface area is 146 Å². The Kier molecular flexibility index (Phi) is 6.75. The van der Waals surface area contributed by atoms with E-state index in [1.165, 1.54) is 24.8 Å². The lowest BCUT2D eigenvalue weighted by Crippen LogP contribution is -2.37. The van der Waals surface area contributed by atoms with Crippen molar-refractivity contribution in [1.29, 1.82) is 0 Å². The van der Waals surface area contributed by atoms with E-state index in [2.05, 4.69) is 35.5 Å². The van der Waals surface area contributed by atoms with E-state index in [9.17, 15) is 9.18 Å². The molecule has 1 heterocycles. The molecule has 0 aliphatic rings. The van der Waals surface area contributed by atoms with Crippen molar-refractivity contribution in [2.75, 3.05) is 26.7 Å². The molecule has 1 aromatic carbocycles. The number of amides is 1. The van der Waals surface area contributed by atoms with Gasteiger partial charge in [-0.2, -0.15) is 11.3 Å². The fourth-order valence-electron chi connectivity index (χ4n) is 2.69. The van der Waals surface area contributed by atoms with Crippen LogP contribution >= 0.6 is 11.3 Å². The minimum atomic E-state index is -0.539. The van der Waals surface area contributed by atoms with E-state index in [0.717, 1.165) is 13.1 Å². The maximum atomic E-state index is 13.8. The van der Waals surface area contributed by atoms with Gasteiger partial charge < -0.3 is 10.1 Å². The van der Waals surface area contributed by atoms with Crippen molar-refractivity contribution in [2.24, 2.45) is 0 Å². The fraction of sp³-hybridized carbons (Fsp3) is 0.389. The van der Waals surface area contributed by atoms with Gasteiger partial charge in [0, 0.05) is 12.1 Å². The second-order valence-corrected chi connectivity index (χ2v) is 6.13. The van der Waals surface area contributed by atoms with Crippen LogP contribution in [0.5, 0.6) is 5.75 Å². The molecular formula is C18H23FN2O2S. The highest BCUT2D eigenvalue weighted by Crippen LogP contribution is 2.23. The first-order valence-corrected chi connectivity index (χ1v) is 8.92. The van der Waals surface area contributed by atoms with Gasteiger partial charge in [0.2, 0.25) is 0 Å². The number of rotatable bonds is 8. The van der Waals surface area contributed by atoms with Crippen LogP contribution in [0, 0.1) is 5.82 Å². The topological polar surface area (TPSA) is 41.6 Å². The predicted molar refractivity (Wildman–Crippen MR) is 95.3 cm³/mol. The van der Waals surface area contributed by atoms with E-state index in [1.807, 2.05) is 5.38 Å². The first-order valence-electron chi connectivity index (χ1n) is 7.98.